The van der Waals surface area contributed by atoms with Crippen LogP contribution in [0.2, 0.25) is 5.15 Å². The number of halogens is 1. The van der Waals surface area contributed by atoms with Gasteiger partial charge in [-0.1, -0.05) is 38.3 Å². The fraction of sp³-hybridized carbons (Fsp3) is 0.571. The van der Waals surface area contributed by atoms with Crippen LogP contribution in [0.15, 0.2) is 12.3 Å². The molecular weight excluding hydrogens is 248 g/mol. The number of carbonyl (C=O) groups excluding carboxylic acids is 1. The zero-order valence-corrected chi connectivity index (χ0v) is 12.0. The van der Waals surface area contributed by atoms with Gasteiger partial charge in [0.15, 0.2) is 5.15 Å². The predicted molar refractivity (Wildman–Crippen MR) is 75.9 cm³/mol. The van der Waals surface area contributed by atoms with E-state index in [1.54, 1.807) is 6.20 Å². The van der Waals surface area contributed by atoms with Crippen LogP contribution >= 0.6 is 11.6 Å². The van der Waals surface area contributed by atoms with Gasteiger partial charge in [-0.15, -0.1) is 0 Å². The first-order valence-corrected chi connectivity index (χ1v) is 6.89. The molecule has 1 atom stereocenters. The molecule has 3 nitrogen and oxygen atoms in total. The minimum atomic E-state index is 0.0453. The molecule has 1 aromatic rings. The van der Waals surface area contributed by atoms with Crippen molar-refractivity contribution in [1.82, 2.24) is 4.98 Å². The van der Waals surface area contributed by atoms with Crippen molar-refractivity contribution in [1.29, 1.82) is 0 Å². The van der Waals surface area contributed by atoms with Crippen molar-refractivity contribution in [3.63, 3.8) is 0 Å². The summed E-state index contributed by atoms with van der Waals surface area (Å²) in [6, 6.07) is 1.84. The number of pyridine rings is 1. The van der Waals surface area contributed by atoms with E-state index in [0.717, 1.165) is 31.2 Å². The summed E-state index contributed by atoms with van der Waals surface area (Å²) in [6.07, 6.45) is 5.60. The average molecular weight is 269 g/mol. The number of carbonyl (C=O) groups is 1. The lowest BCUT2D eigenvalue weighted by Gasteiger charge is -2.16. The monoisotopic (exact) mass is 268 g/mol. The summed E-state index contributed by atoms with van der Waals surface area (Å²) in [4.78, 5) is 16.1. The van der Waals surface area contributed by atoms with Crippen molar-refractivity contribution in [3.8, 4) is 0 Å². The maximum atomic E-state index is 12.2. The zero-order valence-electron chi connectivity index (χ0n) is 11.3. The molecule has 0 aromatic carbocycles. The van der Waals surface area contributed by atoms with E-state index in [-0.39, 0.29) is 11.8 Å². The van der Waals surface area contributed by atoms with E-state index < -0.39 is 0 Å². The van der Waals surface area contributed by atoms with E-state index in [2.05, 4.69) is 17.2 Å². The number of rotatable bonds is 6. The quantitative estimate of drug-likeness (QED) is 0.786. The smallest absolute Gasteiger partial charge is 0.227 e. The van der Waals surface area contributed by atoms with Crippen molar-refractivity contribution < 1.29 is 4.79 Å². The van der Waals surface area contributed by atoms with Gasteiger partial charge in [0.25, 0.3) is 0 Å². The SMILES string of the molecule is CCCCC(CC)C(=O)Nc1c(C)ccnc1Cl. The normalized spacial score (nSPS) is 12.2. The van der Waals surface area contributed by atoms with Crippen LogP contribution in [0.5, 0.6) is 0 Å². The Morgan fingerprint density at radius 2 is 2.22 bits per heavy atom. The highest BCUT2D eigenvalue weighted by Gasteiger charge is 2.18. The lowest BCUT2D eigenvalue weighted by molar-refractivity contribution is -0.120. The number of aryl methyl sites for hydroxylation is 1. The largest absolute Gasteiger partial charge is 0.323 e. The van der Waals surface area contributed by atoms with Crippen LogP contribution in [0.4, 0.5) is 5.69 Å². The van der Waals surface area contributed by atoms with Gasteiger partial charge >= 0.3 is 0 Å². The second-order valence-electron chi connectivity index (χ2n) is 4.53. The molecule has 0 fully saturated rings. The summed E-state index contributed by atoms with van der Waals surface area (Å²) in [5, 5.41) is 3.26. The van der Waals surface area contributed by atoms with Crippen molar-refractivity contribution in [2.24, 2.45) is 5.92 Å². The van der Waals surface area contributed by atoms with Crippen molar-refractivity contribution >= 4 is 23.2 Å². The molecule has 4 heteroatoms. The Morgan fingerprint density at radius 3 is 2.78 bits per heavy atom. The fourth-order valence-corrected chi connectivity index (χ4v) is 2.12. The van der Waals surface area contributed by atoms with Gasteiger partial charge in [-0.25, -0.2) is 4.98 Å². The first-order chi connectivity index (χ1) is 8.60. The molecule has 0 saturated heterocycles. The Kier molecular flexibility index (Phi) is 6.13. The second-order valence-corrected chi connectivity index (χ2v) is 4.89. The maximum Gasteiger partial charge on any atom is 0.227 e. The standard InChI is InChI=1S/C14H21ClN2O/c1-4-6-7-11(5-2)14(18)17-12-10(3)8-9-16-13(12)15/h8-9,11H,4-7H2,1-3H3,(H,17,18). The van der Waals surface area contributed by atoms with Gasteiger partial charge in [-0.2, -0.15) is 0 Å². The molecule has 0 spiro atoms. The van der Waals surface area contributed by atoms with Crippen molar-refractivity contribution in [3.05, 3.63) is 23.0 Å². The van der Waals surface area contributed by atoms with Crippen LogP contribution in [-0.2, 0) is 4.79 Å². The molecule has 0 bridgehead atoms. The molecule has 0 radical (unpaired) electrons. The molecule has 1 unspecified atom stereocenters. The van der Waals surface area contributed by atoms with E-state index in [9.17, 15) is 4.79 Å². The topological polar surface area (TPSA) is 42.0 Å². The third-order valence-electron chi connectivity index (χ3n) is 3.13. The Hall–Kier alpha value is -1.09. The summed E-state index contributed by atoms with van der Waals surface area (Å²) in [7, 11) is 0. The number of nitrogens with one attached hydrogen (secondary N) is 1. The number of nitrogens with zero attached hydrogens (tertiary/aromatic N) is 1. The molecule has 1 aromatic heterocycles. The van der Waals surface area contributed by atoms with Crippen LogP contribution in [0.25, 0.3) is 0 Å². The average Bonchev–Trinajstić information content (AvgIpc) is 2.35. The molecule has 1 rings (SSSR count). The number of anilines is 1. The molecule has 100 valence electrons. The van der Waals surface area contributed by atoms with Gasteiger partial charge in [-0.05, 0) is 31.4 Å². The Bertz CT molecular complexity index is 387. The first-order valence-electron chi connectivity index (χ1n) is 6.52. The number of aromatic nitrogens is 1. The van der Waals surface area contributed by atoms with Gasteiger partial charge in [0.2, 0.25) is 5.91 Å². The second kappa shape index (κ2) is 7.37. The van der Waals surface area contributed by atoms with E-state index in [4.69, 9.17) is 11.6 Å². The lowest BCUT2D eigenvalue weighted by atomic mass is 9.98. The van der Waals surface area contributed by atoms with Crippen LogP contribution in [0.3, 0.4) is 0 Å². The van der Waals surface area contributed by atoms with E-state index in [0.29, 0.717) is 10.8 Å². The molecule has 1 heterocycles. The summed E-state index contributed by atoms with van der Waals surface area (Å²) in [5.74, 6) is 0.101. The Balaban J connectivity index is 2.73. The number of unbranched alkanes of at least 4 members (excludes halogenated alkanes) is 1. The van der Waals surface area contributed by atoms with Crippen LogP contribution in [0.1, 0.15) is 45.1 Å². The Labute approximate surface area is 114 Å². The van der Waals surface area contributed by atoms with Gasteiger partial charge < -0.3 is 5.32 Å². The van der Waals surface area contributed by atoms with Gasteiger partial charge in [0.1, 0.15) is 0 Å². The number of hydrogen-bond donors (Lipinski definition) is 1. The lowest BCUT2D eigenvalue weighted by Crippen LogP contribution is -2.23. The van der Waals surface area contributed by atoms with Crippen molar-refractivity contribution in [2.75, 3.05) is 5.32 Å². The fourth-order valence-electron chi connectivity index (χ4n) is 1.87. The third-order valence-corrected chi connectivity index (χ3v) is 3.42. The van der Waals surface area contributed by atoms with Gasteiger partial charge in [0, 0.05) is 12.1 Å². The van der Waals surface area contributed by atoms with Crippen LogP contribution < -0.4 is 5.32 Å². The molecular formula is C14H21ClN2O. The van der Waals surface area contributed by atoms with Crippen molar-refractivity contribution in [2.45, 2.75) is 46.5 Å². The van der Waals surface area contributed by atoms with Gasteiger partial charge in [0.05, 0.1) is 5.69 Å². The van der Waals surface area contributed by atoms with Crippen LogP contribution in [-0.4, -0.2) is 10.9 Å². The molecule has 18 heavy (non-hydrogen) atoms. The summed E-state index contributed by atoms with van der Waals surface area (Å²) in [5.41, 5.74) is 1.58. The number of hydrogen-bond acceptors (Lipinski definition) is 2. The molecule has 0 aliphatic heterocycles. The van der Waals surface area contributed by atoms with E-state index >= 15 is 0 Å². The molecule has 1 amide bonds. The minimum absolute atomic E-state index is 0.0453. The molecule has 0 aliphatic carbocycles. The molecule has 0 aliphatic rings. The Morgan fingerprint density at radius 1 is 1.50 bits per heavy atom. The van der Waals surface area contributed by atoms with Crippen LogP contribution in [0, 0.1) is 12.8 Å². The van der Waals surface area contributed by atoms with Gasteiger partial charge in [-0.3, -0.25) is 4.79 Å². The molecule has 0 saturated carbocycles. The summed E-state index contributed by atoms with van der Waals surface area (Å²) >= 11 is 6.00. The minimum Gasteiger partial charge on any atom is -0.323 e. The number of amides is 1. The third kappa shape index (κ3) is 3.98. The summed E-state index contributed by atoms with van der Waals surface area (Å²) in [6.45, 7) is 6.08. The maximum absolute atomic E-state index is 12.2. The highest BCUT2D eigenvalue weighted by Crippen LogP contribution is 2.24. The first kappa shape index (κ1) is 15.0. The highest BCUT2D eigenvalue weighted by atomic mass is 35.5. The van der Waals surface area contributed by atoms with E-state index in [1.165, 1.54) is 0 Å². The zero-order chi connectivity index (χ0) is 13.5. The predicted octanol–water partition coefficient (Wildman–Crippen LogP) is 4.20. The summed E-state index contributed by atoms with van der Waals surface area (Å²) < 4.78 is 0. The molecule has 1 N–H and O–H groups in total. The highest BCUT2D eigenvalue weighted by molar-refractivity contribution is 6.32. The van der Waals surface area contributed by atoms with E-state index in [1.807, 2.05) is 19.9 Å².